The largest absolute Gasteiger partial charge is 0.319 e. The maximum absolute atomic E-state index is 5.62. The third-order valence-electron chi connectivity index (χ3n) is 1.22. The van der Waals surface area contributed by atoms with Crippen LogP contribution in [0.2, 0.25) is 0 Å². The highest BCUT2D eigenvalue weighted by atomic mass is 32.2. The Labute approximate surface area is 54.3 Å². The lowest BCUT2D eigenvalue weighted by Crippen LogP contribution is -2.17. The van der Waals surface area contributed by atoms with Crippen molar-refractivity contribution in [2.24, 2.45) is 5.73 Å². The predicted molar refractivity (Wildman–Crippen MR) is 38.8 cm³/mol. The van der Waals surface area contributed by atoms with Gasteiger partial charge in [0.25, 0.3) is 0 Å². The van der Waals surface area contributed by atoms with E-state index in [0.717, 1.165) is 12.2 Å². The summed E-state index contributed by atoms with van der Waals surface area (Å²) in [4.78, 5) is 0. The molecule has 46 valence electrons. The predicted octanol–water partition coefficient (Wildman–Crippen LogP) is 1.35. The molecule has 0 aromatic carbocycles. The molecule has 0 saturated carbocycles. The highest BCUT2D eigenvalue weighted by Gasteiger charge is 2.05. The van der Waals surface area contributed by atoms with Gasteiger partial charge in [-0.3, -0.25) is 0 Å². The van der Waals surface area contributed by atoms with E-state index in [1.807, 2.05) is 11.8 Å². The van der Waals surface area contributed by atoms with Crippen molar-refractivity contribution in [3.05, 3.63) is 11.6 Å². The van der Waals surface area contributed by atoms with Gasteiger partial charge in [-0.05, 0) is 13.3 Å². The molecule has 0 bridgehead atoms. The molecule has 0 fully saturated rings. The zero-order chi connectivity index (χ0) is 5.98. The number of rotatable bonds is 0. The molecule has 2 heteroatoms. The van der Waals surface area contributed by atoms with Gasteiger partial charge >= 0.3 is 0 Å². The molecule has 1 unspecified atom stereocenters. The normalized spacial score (nSPS) is 29.8. The zero-order valence-electron chi connectivity index (χ0n) is 5.05. The molecule has 1 rings (SSSR count). The summed E-state index contributed by atoms with van der Waals surface area (Å²) < 4.78 is 0. The van der Waals surface area contributed by atoms with Gasteiger partial charge in [0.1, 0.15) is 0 Å². The number of hydrogen-bond donors (Lipinski definition) is 1. The molecule has 0 amide bonds. The summed E-state index contributed by atoms with van der Waals surface area (Å²) >= 11 is 1.84. The van der Waals surface area contributed by atoms with Gasteiger partial charge in [0.15, 0.2) is 0 Å². The van der Waals surface area contributed by atoms with Crippen molar-refractivity contribution < 1.29 is 0 Å². The first-order chi connectivity index (χ1) is 3.79. The van der Waals surface area contributed by atoms with Gasteiger partial charge in [0, 0.05) is 5.75 Å². The van der Waals surface area contributed by atoms with E-state index in [2.05, 4.69) is 13.0 Å². The van der Waals surface area contributed by atoms with Crippen molar-refractivity contribution in [2.75, 3.05) is 5.75 Å². The monoisotopic (exact) mass is 129 g/mol. The van der Waals surface area contributed by atoms with E-state index in [-0.39, 0.29) is 0 Å². The minimum Gasteiger partial charge on any atom is -0.319 e. The van der Waals surface area contributed by atoms with E-state index in [1.54, 1.807) is 0 Å². The van der Waals surface area contributed by atoms with Gasteiger partial charge in [0.05, 0.1) is 5.37 Å². The molecule has 0 aromatic heterocycles. The molecular formula is C6H11NS. The zero-order valence-corrected chi connectivity index (χ0v) is 5.87. The molecule has 1 atom stereocenters. The molecule has 0 aromatic rings. The summed E-state index contributed by atoms with van der Waals surface area (Å²) in [7, 11) is 0. The first-order valence-corrected chi connectivity index (χ1v) is 3.87. The van der Waals surface area contributed by atoms with Crippen molar-refractivity contribution in [1.82, 2.24) is 0 Å². The SMILES string of the molecule is CC1=CCC(N)SC1. The molecule has 1 nitrogen and oxygen atoms in total. The molecule has 1 aliphatic rings. The Morgan fingerprint density at radius 1 is 1.88 bits per heavy atom. The third kappa shape index (κ3) is 1.53. The van der Waals surface area contributed by atoms with Crippen molar-refractivity contribution in [3.63, 3.8) is 0 Å². The fourth-order valence-electron chi connectivity index (χ4n) is 0.683. The van der Waals surface area contributed by atoms with Crippen LogP contribution in [0.5, 0.6) is 0 Å². The van der Waals surface area contributed by atoms with Gasteiger partial charge in [0.2, 0.25) is 0 Å². The van der Waals surface area contributed by atoms with Crippen LogP contribution in [0.25, 0.3) is 0 Å². The second kappa shape index (κ2) is 2.55. The summed E-state index contributed by atoms with van der Waals surface area (Å²) in [5.41, 5.74) is 7.08. The summed E-state index contributed by atoms with van der Waals surface area (Å²) in [5, 5.41) is 0.360. The van der Waals surface area contributed by atoms with Crippen LogP contribution >= 0.6 is 11.8 Å². The number of hydrogen-bond acceptors (Lipinski definition) is 2. The Bertz CT molecular complexity index is 109. The lowest BCUT2D eigenvalue weighted by molar-refractivity contribution is 0.913. The van der Waals surface area contributed by atoms with Crippen LogP contribution < -0.4 is 5.73 Å². The first kappa shape index (κ1) is 6.17. The third-order valence-corrected chi connectivity index (χ3v) is 2.47. The van der Waals surface area contributed by atoms with Crippen molar-refractivity contribution in [1.29, 1.82) is 0 Å². The topological polar surface area (TPSA) is 26.0 Å². The van der Waals surface area contributed by atoms with Crippen LogP contribution in [0.15, 0.2) is 11.6 Å². The van der Waals surface area contributed by atoms with E-state index in [9.17, 15) is 0 Å². The van der Waals surface area contributed by atoms with Crippen LogP contribution in [0, 0.1) is 0 Å². The highest BCUT2D eigenvalue weighted by molar-refractivity contribution is 8.00. The van der Waals surface area contributed by atoms with Crippen molar-refractivity contribution >= 4 is 11.8 Å². The summed E-state index contributed by atoms with van der Waals surface area (Å²) in [5.74, 6) is 1.13. The van der Waals surface area contributed by atoms with Crippen LogP contribution in [0.4, 0.5) is 0 Å². The molecule has 0 saturated heterocycles. The Kier molecular flexibility index (Phi) is 1.97. The fraction of sp³-hybridized carbons (Fsp3) is 0.667. The molecule has 0 spiro atoms. The molecule has 0 radical (unpaired) electrons. The molecule has 1 aliphatic heterocycles. The fourth-order valence-corrected chi connectivity index (χ4v) is 1.51. The first-order valence-electron chi connectivity index (χ1n) is 2.82. The standard InChI is InChI=1S/C6H11NS/c1-5-2-3-6(7)8-4-5/h2,6H,3-4,7H2,1H3. The summed E-state index contributed by atoms with van der Waals surface area (Å²) in [6.07, 6.45) is 3.28. The molecule has 0 aliphatic carbocycles. The van der Waals surface area contributed by atoms with Crippen LogP contribution in [0.1, 0.15) is 13.3 Å². The number of nitrogens with two attached hydrogens (primary N) is 1. The second-order valence-electron chi connectivity index (χ2n) is 2.14. The molecular weight excluding hydrogens is 118 g/mol. The van der Waals surface area contributed by atoms with Crippen molar-refractivity contribution in [2.45, 2.75) is 18.7 Å². The Balaban J connectivity index is 2.42. The molecule has 1 heterocycles. The highest BCUT2D eigenvalue weighted by Crippen LogP contribution is 2.19. The van der Waals surface area contributed by atoms with Crippen molar-refractivity contribution in [3.8, 4) is 0 Å². The minimum atomic E-state index is 0.360. The average molecular weight is 129 g/mol. The lowest BCUT2D eigenvalue weighted by atomic mass is 10.2. The van der Waals surface area contributed by atoms with Gasteiger partial charge in [-0.2, -0.15) is 0 Å². The number of thioether (sulfide) groups is 1. The quantitative estimate of drug-likeness (QED) is 0.500. The van der Waals surface area contributed by atoms with Gasteiger partial charge in [-0.25, -0.2) is 0 Å². The van der Waals surface area contributed by atoms with E-state index >= 15 is 0 Å². The van der Waals surface area contributed by atoms with E-state index in [4.69, 9.17) is 5.73 Å². The van der Waals surface area contributed by atoms with Gasteiger partial charge in [-0.15, -0.1) is 11.8 Å². The maximum atomic E-state index is 5.62. The Hall–Kier alpha value is 0.0500. The van der Waals surface area contributed by atoms with E-state index in [0.29, 0.717) is 5.37 Å². The molecule has 2 N–H and O–H groups in total. The average Bonchev–Trinajstić information content (AvgIpc) is 1.77. The summed E-state index contributed by atoms with van der Waals surface area (Å²) in [6, 6.07) is 0. The minimum absolute atomic E-state index is 0.360. The Morgan fingerprint density at radius 3 is 3.00 bits per heavy atom. The van der Waals surface area contributed by atoms with Gasteiger partial charge < -0.3 is 5.73 Å². The van der Waals surface area contributed by atoms with E-state index in [1.165, 1.54) is 5.57 Å². The second-order valence-corrected chi connectivity index (χ2v) is 3.36. The van der Waals surface area contributed by atoms with Gasteiger partial charge in [-0.1, -0.05) is 11.6 Å². The Morgan fingerprint density at radius 2 is 2.62 bits per heavy atom. The van der Waals surface area contributed by atoms with Crippen LogP contribution in [-0.4, -0.2) is 11.1 Å². The molecule has 8 heavy (non-hydrogen) atoms. The summed E-state index contributed by atoms with van der Waals surface area (Å²) in [6.45, 7) is 2.15. The van der Waals surface area contributed by atoms with Crippen LogP contribution in [-0.2, 0) is 0 Å². The smallest absolute Gasteiger partial charge is 0.0545 e. The van der Waals surface area contributed by atoms with Crippen LogP contribution in [0.3, 0.4) is 0 Å². The maximum Gasteiger partial charge on any atom is 0.0545 e. The lowest BCUT2D eigenvalue weighted by Gasteiger charge is -2.14. The van der Waals surface area contributed by atoms with E-state index < -0.39 is 0 Å².